The fourth-order valence-electron chi connectivity index (χ4n) is 0.764. The van der Waals surface area contributed by atoms with Crippen LogP contribution in [0.3, 0.4) is 0 Å². The van der Waals surface area contributed by atoms with E-state index in [4.69, 9.17) is 10.5 Å². The van der Waals surface area contributed by atoms with Crippen LogP contribution in [0, 0.1) is 5.92 Å². The third-order valence-electron chi connectivity index (χ3n) is 1.64. The second-order valence-corrected chi connectivity index (χ2v) is 2.53. The third kappa shape index (κ3) is 1.92. The lowest BCUT2D eigenvalue weighted by atomic mass is 10.1. The first-order chi connectivity index (χ1) is 4.83. The quantitative estimate of drug-likeness (QED) is 0.547. The zero-order valence-electron chi connectivity index (χ0n) is 6.26. The molecule has 10 heavy (non-hydrogen) atoms. The highest BCUT2D eigenvalue weighted by molar-refractivity contribution is 4.84. The maximum absolute atomic E-state index is 5.42. The summed E-state index contributed by atoms with van der Waals surface area (Å²) in [4.78, 5) is 0. The van der Waals surface area contributed by atoms with Crippen molar-refractivity contribution in [3.8, 4) is 0 Å². The van der Waals surface area contributed by atoms with Gasteiger partial charge in [-0.1, -0.05) is 0 Å². The molecule has 0 amide bonds. The van der Waals surface area contributed by atoms with Crippen molar-refractivity contribution in [2.24, 2.45) is 11.7 Å². The smallest absolute Gasteiger partial charge is 0.179 e. The molecular formula is C7H14N2O. The minimum Gasteiger partial charge on any atom is -0.479 e. The fraction of sp³-hybridized carbons (Fsp3) is 0.714. The molecule has 0 aromatic carbocycles. The zero-order chi connectivity index (χ0) is 7.40. The molecule has 3 heteroatoms. The van der Waals surface area contributed by atoms with Crippen LogP contribution in [0.25, 0.3) is 0 Å². The number of hydrogen-bond donors (Lipinski definition) is 2. The van der Waals surface area contributed by atoms with Crippen LogP contribution >= 0.6 is 0 Å². The van der Waals surface area contributed by atoms with E-state index in [0.717, 1.165) is 19.7 Å². The number of ether oxygens (including phenoxy) is 1. The standard InChI is InChI=1S/C7H14N2O/c1-2-7(8)10-5-6-3-9-4-6/h2,6,9H,3-5,8H2,1H3/b7-2+. The molecule has 3 nitrogen and oxygen atoms in total. The first-order valence-electron chi connectivity index (χ1n) is 3.58. The number of nitrogens with two attached hydrogens (primary N) is 1. The predicted molar refractivity (Wildman–Crippen MR) is 40.3 cm³/mol. The summed E-state index contributed by atoms with van der Waals surface area (Å²) in [6.07, 6.45) is 1.77. The van der Waals surface area contributed by atoms with Crippen LogP contribution < -0.4 is 11.1 Å². The van der Waals surface area contributed by atoms with Crippen molar-refractivity contribution in [2.45, 2.75) is 6.92 Å². The van der Waals surface area contributed by atoms with Gasteiger partial charge >= 0.3 is 0 Å². The van der Waals surface area contributed by atoms with Crippen molar-refractivity contribution in [2.75, 3.05) is 19.7 Å². The van der Waals surface area contributed by atoms with Gasteiger partial charge in [0, 0.05) is 19.0 Å². The van der Waals surface area contributed by atoms with E-state index < -0.39 is 0 Å². The second kappa shape index (κ2) is 3.46. The van der Waals surface area contributed by atoms with Gasteiger partial charge in [0.2, 0.25) is 0 Å². The second-order valence-electron chi connectivity index (χ2n) is 2.53. The lowest BCUT2D eigenvalue weighted by Gasteiger charge is -2.26. The van der Waals surface area contributed by atoms with Crippen LogP contribution in [0.15, 0.2) is 12.0 Å². The minimum absolute atomic E-state index is 0.534. The third-order valence-corrected chi connectivity index (χ3v) is 1.64. The van der Waals surface area contributed by atoms with Crippen molar-refractivity contribution >= 4 is 0 Å². The van der Waals surface area contributed by atoms with E-state index in [9.17, 15) is 0 Å². The summed E-state index contributed by atoms with van der Waals surface area (Å²) in [6, 6.07) is 0. The summed E-state index contributed by atoms with van der Waals surface area (Å²) in [6.45, 7) is 4.76. The van der Waals surface area contributed by atoms with Crippen LogP contribution in [0.2, 0.25) is 0 Å². The van der Waals surface area contributed by atoms with Gasteiger partial charge in [-0.3, -0.25) is 0 Å². The molecule has 0 spiro atoms. The Morgan fingerprint density at radius 2 is 2.50 bits per heavy atom. The van der Waals surface area contributed by atoms with Crippen molar-refractivity contribution in [3.63, 3.8) is 0 Å². The van der Waals surface area contributed by atoms with E-state index in [0.29, 0.717) is 11.8 Å². The molecule has 58 valence electrons. The molecule has 0 unspecified atom stereocenters. The van der Waals surface area contributed by atoms with Gasteiger partial charge in [0.1, 0.15) is 0 Å². The average Bonchev–Trinajstić information content (AvgIpc) is 1.84. The lowest BCUT2D eigenvalue weighted by molar-refractivity contribution is 0.133. The Bertz CT molecular complexity index is 130. The molecule has 1 saturated heterocycles. The molecule has 0 bridgehead atoms. The molecule has 0 radical (unpaired) electrons. The molecule has 0 aromatic heterocycles. The summed E-state index contributed by atoms with van der Waals surface area (Å²) in [7, 11) is 0. The summed E-state index contributed by atoms with van der Waals surface area (Å²) in [5, 5.41) is 3.16. The van der Waals surface area contributed by atoms with Gasteiger partial charge in [-0.15, -0.1) is 0 Å². The molecule has 1 aliphatic heterocycles. The number of nitrogens with one attached hydrogen (secondary N) is 1. The summed E-state index contributed by atoms with van der Waals surface area (Å²) >= 11 is 0. The Labute approximate surface area is 61.2 Å². The van der Waals surface area contributed by atoms with E-state index in [2.05, 4.69) is 5.32 Å². The Kier molecular flexibility index (Phi) is 2.57. The Hall–Kier alpha value is -0.700. The average molecular weight is 142 g/mol. The maximum Gasteiger partial charge on any atom is 0.179 e. The van der Waals surface area contributed by atoms with Gasteiger partial charge in [-0.25, -0.2) is 0 Å². The molecule has 0 aromatic rings. The highest BCUT2D eigenvalue weighted by atomic mass is 16.5. The van der Waals surface area contributed by atoms with Gasteiger partial charge in [0.25, 0.3) is 0 Å². The van der Waals surface area contributed by atoms with E-state index >= 15 is 0 Å². The van der Waals surface area contributed by atoms with Crippen LogP contribution in [0.5, 0.6) is 0 Å². The van der Waals surface area contributed by atoms with Gasteiger partial charge in [0.15, 0.2) is 5.88 Å². The van der Waals surface area contributed by atoms with Crippen LogP contribution in [-0.2, 0) is 4.74 Å². The van der Waals surface area contributed by atoms with E-state index in [1.807, 2.05) is 6.92 Å². The molecule has 1 rings (SSSR count). The highest BCUT2D eigenvalue weighted by Gasteiger charge is 2.16. The van der Waals surface area contributed by atoms with Crippen molar-refractivity contribution in [3.05, 3.63) is 12.0 Å². The predicted octanol–water partition coefficient (Wildman–Crippen LogP) is 0.0424. The molecule has 1 aliphatic rings. The first kappa shape index (κ1) is 7.41. The minimum atomic E-state index is 0.534. The van der Waals surface area contributed by atoms with E-state index in [1.54, 1.807) is 6.08 Å². The lowest BCUT2D eigenvalue weighted by Crippen LogP contribution is -2.44. The van der Waals surface area contributed by atoms with E-state index in [-0.39, 0.29) is 0 Å². The highest BCUT2D eigenvalue weighted by Crippen LogP contribution is 2.03. The van der Waals surface area contributed by atoms with Crippen LogP contribution in [0.4, 0.5) is 0 Å². The maximum atomic E-state index is 5.42. The molecule has 0 atom stereocenters. The summed E-state index contributed by atoms with van der Waals surface area (Å²) in [5.74, 6) is 1.20. The fourth-order valence-corrected chi connectivity index (χ4v) is 0.764. The Balaban J connectivity index is 2.04. The molecular weight excluding hydrogens is 128 g/mol. The summed E-state index contributed by atoms with van der Waals surface area (Å²) < 4.78 is 5.19. The monoisotopic (exact) mass is 142 g/mol. The SMILES string of the molecule is C/C=C(\N)OCC1CNC1. The normalized spacial score (nSPS) is 20.3. The number of hydrogen-bond acceptors (Lipinski definition) is 3. The van der Waals surface area contributed by atoms with Gasteiger partial charge in [-0.2, -0.15) is 0 Å². The summed E-state index contributed by atoms with van der Waals surface area (Å²) in [5.41, 5.74) is 5.42. The zero-order valence-corrected chi connectivity index (χ0v) is 6.26. The van der Waals surface area contributed by atoms with Gasteiger partial charge in [-0.05, 0) is 13.0 Å². The van der Waals surface area contributed by atoms with Crippen molar-refractivity contribution in [1.82, 2.24) is 5.32 Å². The van der Waals surface area contributed by atoms with Crippen LogP contribution in [0.1, 0.15) is 6.92 Å². The first-order valence-corrected chi connectivity index (χ1v) is 3.58. The Morgan fingerprint density at radius 1 is 1.80 bits per heavy atom. The molecule has 1 fully saturated rings. The van der Waals surface area contributed by atoms with Gasteiger partial charge in [0.05, 0.1) is 6.61 Å². The largest absolute Gasteiger partial charge is 0.479 e. The molecule has 3 N–H and O–H groups in total. The Morgan fingerprint density at radius 3 is 2.90 bits per heavy atom. The van der Waals surface area contributed by atoms with Crippen LogP contribution in [-0.4, -0.2) is 19.7 Å². The molecule has 0 aliphatic carbocycles. The molecule has 0 saturated carbocycles. The van der Waals surface area contributed by atoms with Crippen molar-refractivity contribution < 1.29 is 4.74 Å². The molecule has 1 heterocycles. The van der Waals surface area contributed by atoms with E-state index in [1.165, 1.54) is 0 Å². The topological polar surface area (TPSA) is 47.3 Å². The number of rotatable bonds is 3. The number of allylic oxidation sites excluding steroid dienone is 1. The van der Waals surface area contributed by atoms with Gasteiger partial charge < -0.3 is 15.8 Å². The van der Waals surface area contributed by atoms with Crippen molar-refractivity contribution in [1.29, 1.82) is 0 Å².